The van der Waals surface area contributed by atoms with Crippen molar-refractivity contribution in [3.05, 3.63) is 37.1 Å². The van der Waals surface area contributed by atoms with Crippen LogP contribution in [-0.2, 0) is 0 Å². The van der Waals surface area contributed by atoms with Crippen molar-refractivity contribution in [3.63, 3.8) is 0 Å². The summed E-state index contributed by atoms with van der Waals surface area (Å²) in [5.74, 6) is 0.389. The second kappa shape index (κ2) is 8.58. The molecule has 60 valence electrons. The first kappa shape index (κ1) is 14.0. The summed E-state index contributed by atoms with van der Waals surface area (Å²) in [6, 6.07) is 0. The van der Waals surface area contributed by atoms with Gasteiger partial charge in [0.25, 0.3) is 0 Å². The van der Waals surface area contributed by atoms with Crippen LogP contribution in [0.2, 0.25) is 0 Å². The minimum atomic E-state index is 0. The molecule has 0 fully saturated rings. The van der Waals surface area contributed by atoms with Crippen LogP contribution >= 0.6 is 0 Å². The molecule has 0 radical (unpaired) electrons. The summed E-state index contributed by atoms with van der Waals surface area (Å²) in [5, 5.41) is 0. The molecule has 0 bridgehead atoms. The Morgan fingerprint density at radius 1 is 1.42 bits per heavy atom. The second-order valence-electron chi connectivity index (χ2n) is 2.37. The van der Waals surface area contributed by atoms with Crippen LogP contribution in [0.4, 0.5) is 0 Å². The average molecular weight is 153 g/mol. The van der Waals surface area contributed by atoms with E-state index in [9.17, 15) is 0 Å². The van der Waals surface area contributed by atoms with Crippen LogP contribution in [-0.4, -0.2) is 6.21 Å². The molecule has 0 rings (SSSR count). The summed E-state index contributed by atoms with van der Waals surface area (Å²) in [4.78, 5) is 3.59. The van der Waals surface area contributed by atoms with E-state index in [2.05, 4.69) is 11.2 Å². The van der Waals surface area contributed by atoms with Crippen LogP contribution in [0, 0.1) is 19.1 Å². The second-order valence-corrected chi connectivity index (χ2v) is 2.37. The predicted molar refractivity (Wildman–Crippen MR) is 48.1 cm³/mol. The first-order chi connectivity index (χ1) is 5.22. The quantitative estimate of drug-likeness (QED) is 0.222. The number of hydrogen-bond donors (Lipinski definition) is 0. The molecular weight excluding hydrogens is 141 g/mol. The fraction of sp³-hybridized carbons (Fsp3) is 0.300. The van der Waals surface area contributed by atoms with Crippen LogP contribution in [0.15, 0.2) is 28.9 Å². The van der Waals surface area contributed by atoms with E-state index in [1.54, 1.807) is 12.2 Å². The minimum Gasteiger partial charge on any atom is -0.566 e. The van der Waals surface area contributed by atoms with E-state index in [1.165, 1.54) is 6.20 Å². The Kier molecular flexibility index (Phi) is 10.0. The van der Waals surface area contributed by atoms with Gasteiger partial charge in [-0.25, -0.2) is 11.6 Å². The van der Waals surface area contributed by atoms with Gasteiger partial charge in [0, 0.05) is 0 Å². The van der Waals surface area contributed by atoms with Crippen molar-refractivity contribution in [2.24, 2.45) is 10.9 Å². The number of aliphatic imine (C=N–C) groups is 1. The third-order valence-corrected chi connectivity index (χ3v) is 1.24. The van der Waals surface area contributed by atoms with Gasteiger partial charge in [-0.2, -0.15) is 6.08 Å². The molecule has 0 heterocycles. The third-order valence-electron chi connectivity index (χ3n) is 1.24. The van der Waals surface area contributed by atoms with E-state index in [1.807, 2.05) is 13.8 Å². The van der Waals surface area contributed by atoms with Crippen LogP contribution in [0.1, 0.15) is 13.8 Å². The molecule has 0 aromatic heterocycles. The molecule has 0 saturated carbocycles. The van der Waals surface area contributed by atoms with Gasteiger partial charge in [0.2, 0.25) is 0 Å². The first-order valence-electron chi connectivity index (χ1n) is 3.46. The normalized spacial score (nSPS) is 11.4. The van der Waals surface area contributed by atoms with Gasteiger partial charge in [-0.15, -0.1) is 0 Å². The zero-order chi connectivity index (χ0) is 8.69. The van der Waals surface area contributed by atoms with Gasteiger partial charge in [0.05, 0.1) is 0 Å². The van der Waals surface area contributed by atoms with Crippen LogP contribution < -0.4 is 18.9 Å². The predicted octanol–water partition coefficient (Wildman–Crippen LogP) is -0.544. The van der Waals surface area contributed by atoms with Crippen molar-refractivity contribution in [2.45, 2.75) is 13.8 Å². The van der Waals surface area contributed by atoms with Crippen molar-refractivity contribution in [3.8, 4) is 0 Å². The van der Waals surface area contributed by atoms with Crippen molar-refractivity contribution in [1.82, 2.24) is 0 Å². The van der Waals surface area contributed by atoms with Gasteiger partial charge in [-0.1, -0.05) is 26.0 Å². The first-order valence-corrected chi connectivity index (χ1v) is 3.46. The summed E-state index contributed by atoms with van der Waals surface area (Å²) >= 11 is 0. The Hall–Kier alpha value is -0.513. The maximum atomic E-state index is 5.34. The number of allylic oxidation sites excluding steroid dienone is 3. The molecule has 0 aromatic carbocycles. The van der Waals surface area contributed by atoms with Crippen molar-refractivity contribution < 1.29 is 18.9 Å². The van der Waals surface area contributed by atoms with Crippen LogP contribution in [0.3, 0.4) is 0 Å². The molecule has 1 nitrogen and oxygen atoms in total. The molecule has 0 aliphatic rings. The average Bonchev–Trinajstić information content (AvgIpc) is 1.97. The fourth-order valence-electron chi connectivity index (χ4n) is 0.562. The summed E-state index contributed by atoms with van der Waals surface area (Å²) in [6.07, 6.45) is 7.09. The fourth-order valence-corrected chi connectivity index (χ4v) is 0.562. The Labute approximate surface area is 87.1 Å². The van der Waals surface area contributed by atoms with Gasteiger partial charge in [0.15, 0.2) is 0 Å². The summed E-state index contributed by atoms with van der Waals surface area (Å²) < 4.78 is 0. The van der Waals surface area contributed by atoms with Crippen LogP contribution in [0.25, 0.3) is 0 Å². The Morgan fingerprint density at radius 2 is 2.00 bits per heavy atom. The van der Waals surface area contributed by atoms with Crippen molar-refractivity contribution in [1.29, 1.82) is 0 Å². The Balaban J connectivity index is 0. The molecule has 0 aliphatic carbocycles. The number of rotatable bonds is 4. The molecule has 12 heavy (non-hydrogen) atoms. The zero-order valence-electron chi connectivity index (χ0n) is 7.91. The van der Waals surface area contributed by atoms with Crippen molar-refractivity contribution in [2.75, 3.05) is 0 Å². The molecule has 0 aliphatic heterocycles. The minimum absolute atomic E-state index is 0. The smallest absolute Gasteiger partial charge is 0.566 e. The van der Waals surface area contributed by atoms with E-state index in [0.717, 1.165) is 5.57 Å². The van der Waals surface area contributed by atoms with E-state index in [4.69, 9.17) is 13.2 Å². The number of nitrogens with zero attached hydrogens (tertiary/aromatic N) is 1. The van der Waals surface area contributed by atoms with Gasteiger partial charge in [-0.05, 0) is 0 Å². The Morgan fingerprint density at radius 3 is 2.33 bits per heavy atom. The van der Waals surface area contributed by atoms with E-state index in [-0.39, 0.29) is 18.9 Å². The van der Waals surface area contributed by atoms with E-state index < -0.39 is 0 Å². The molecule has 0 amide bonds. The van der Waals surface area contributed by atoms with Gasteiger partial charge in [-0.3, -0.25) is 12.8 Å². The molecule has 0 N–H and O–H groups in total. The molecule has 0 spiro atoms. The van der Waals surface area contributed by atoms with Gasteiger partial charge < -0.3 is 11.6 Å². The van der Waals surface area contributed by atoms with Crippen molar-refractivity contribution >= 4 is 6.21 Å². The zero-order valence-corrected chi connectivity index (χ0v) is 7.91. The molecule has 0 atom stereocenters. The molecule has 0 saturated heterocycles. The summed E-state index contributed by atoms with van der Waals surface area (Å²) in [5.41, 5.74) is 0.996. The largest absolute Gasteiger partial charge is 1.00 e. The maximum Gasteiger partial charge on any atom is 1.00 e. The number of hydrogen-bond acceptors (Lipinski definition) is 1. The van der Waals surface area contributed by atoms with Gasteiger partial charge in [0.1, 0.15) is 0 Å². The molecule has 0 unspecified atom stereocenters. The molecular formula is C10H12LiN-2. The maximum absolute atomic E-state index is 5.34. The SMILES string of the molecule is [CH-]=CN=[C-]/C=C(\C=[CH-])C(C)C.[Li+]. The summed E-state index contributed by atoms with van der Waals surface area (Å²) in [7, 11) is 0. The van der Waals surface area contributed by atoms with E-state index >= 15 is 0 Å². The van der Waals surface area contributed by atoms with Gasteiger partial charge >= 0.3 is 18.9 Å². The standard InChI is InChI=1S/C10H12N.Li/c1-5-10(9(3)4)7-8-11-6-2;/h1-2,5-7,9H,3-4H3;/q-3;+1/b10-7+;. The molecule has 0 aromatic rings. The third kappa shape index (κ3) is 6.21. The van der Waals surface area contributed by atoms with E-state index in [0.29, 0.717) is 5.92 Å². The Bertz CT molecular complexity index is 190. The summed E-state index contributed by atoms with van der Waals surface area (Å²) in [6.45, 7) is 14.4. The molecule has 2 heteroatoms. The van der Waals surface area contributed by atoms with Crippen LogP contribution in [0.5, 0.6) is 0 Å². The monoisotopic (exact) mass is 153 g/mol. The topological polar surface area (TPSA) is 12.4 Å².